The van der Waals surface area contributed by atoms with Crippen molar-refractivity contribution in [3.8, 4) is 0 Å². The van der Waals surface area contributed by atoms with Crippen molar-refractivity contribution in [3.63, 3.8) is 0 Å². The van der Waals surface area contributed by atoms with E-state index in [1.807, 2.05) is 60.7 Å². The number of likely N-dealkylation sites (N-methyl/N-ethyl adjacent to an activating group) is 1. The number of nitrogens with zero attached hydrogens (tertiary/aromatic N) is 2. The van der Waals surface area contributed by atoms with Crippen molar-refractivity contribution >= 4 is 15.9 Å². The van der Waals surface area contributed by atoms with E-state index in [0.29, 0.717) is 6.54 Å². The summed E-state index contributed by atoms with van der Waals surface area (Å²) in [6, 6.07) is 26.4. The van der Waals surface area contributed by atoms with Crippen LogP contribution in [0.4, 0.5) is 0 Å². The molecular weight excluding hydrogens is 420 g/mol. The third-order valence-corrected chi connectivity index (χ3v) is 7.09. The summed E-state index contributed by atoms with van der Waals surface area (Å²) in [6.45, 7) is 4.15. The lowest BCUT2D eigenvalue weighted by Crippen LogP contribution is -2.51. The van der Waals surface area contributed by atoms with Crippen molar-refractivity contribution in [1.82, 2.24) is 9.21 Å². The molecule has 3 rings (SSSR count). The van der Waals surface area contributed by atoms with Gasteiger partial charge in [-0.15, -0.1) is 6.58 Å². The minimum atomic E-state index is -3.92. The fraction of sp³-hybridized carbons (Fsp3) is 0.192. The average molecular weight is 449 g/mol. The highest BCUT2D eigenvalue weighted by atomic mass is 32.2. The van der Waals surface area contributed by atoms with E-state index in [4.69, 9.17) is 0 Å². The Bertz CT molecular complexity index is 1120. The SMILES string of the molecule is C=CCN([C@@H](Cc1ccccc1)C(=O)N(C)Cc1ccccc1)S(=O)(=O)c1ccccc1. The summed E-state index contributed by atoms with van der Waals surface area (Å²) >= 11 is 0. The summed E-state index contributed by atoms with van der Waals surface area (Å²) < 4.78 is 28.3. The van der Waals surface area contributed by atoms with Crippen LogP contribution in [-0.2, 0) is 27.8 Å². The summed E-state index contributed by atoms with van der Waals surface area (Å²) in [6.07, 6.45) is 1.78. The normalized spacial score (nSPS) is 12.3. The van der Waals surface area contributed by atoms with E-state index in [0.717, 1.165) is 11.1 Å². The molecule has 6 heteroatoms. The van der Waals surface area contributed by atoms with E-state index in [2.05, 4.69) is 6.58 Å². The molecule has 0 fully saturated rings. The van der Waals surface area contributed by atoms with E-state index in [1.54, 1.807) is 42.3 Å². The van der Waals surface area contributed by atoms with Crippen LogP contribution >= 0.6 is 0 Å². The molecule has 0 heterocycles. The lowest BCUT2D eigenvalue weighted by molar-refractivity contribution is -0.134. The van der Waals surface area contributed by atoms with E-state index < -0.39 is 16.1 Å². The van der Waals surface area contributed by atoms with Crippen LogP contribution in [0.1, 0.15) is 11.1 Å². The first kappa shape index (κ1) is 23.4. The molecule has 32 heavy (non-hydrogen) atoms. The zero-order valence-electron chi connectivity index (χ0n) is 18.2. The molecule has 0 unspecified atom stereocenters. The van der Waals surface area contributed by atoms with Crippen molar-refractivity contribution in [3.05, 3.63) is 115 Å². The van der Waals surface area contributed by atoms with E-state index in [9.17, 15) is 13.2 Å². The Morgan fingerprint density at radius 3 is 1.91 bits per heavy atom. The van der Waals surface area contributed by atoms with Crippen LogP contribution in [0, 0.1) is 0 Å². The topological polar surface area (TPSA) is 57.7 Å². The summed E-state index contributed by atoms with van der Waals surface area (Å²) in [4.78, 5) is 15.4. The van der Waals surface area contributed by atoms with Gasteiger partial charge in [0, 0.05) is 20.1 Å². The van der Waals surface area contributed by atoms with Crippen LogP contribution in [0.15, 0.2) is 109 Å². The van der Waals surface area contributed by atoms with E-state index in [1.165, 1.54) is 10.4 Å². The number of amides is 1. The van der Waals surface area contributed by atoms with Crippen molar-refractivity contribution in [2.45, 2.75) is 23.9 Å². The Hall–Kier alpha value is -3.22. The van der Waals surface area contributed by atoms with Crippen molar-refractivity contribution in [2.24, 2.45) is 0 Å². The average Bonchev–Trinajstić information content (AvgIpc) is 2.82. The maximum atomic E-state index is 13.6. The fourth-order valence-electron chi connectivity index (χ4n) is 3.59. The third-order valence-electron chi connectivity index (χ3n) is 5.20. The molecule has 0 radical (unpaired) electrons. The van der Waals surface area contributed by atoms with Gasteiger partial charge in [-0.2, -0.15) is 4.31 Å². The number of benzene rings is 3. The molecule has 0 aliphatic heterocycles. The summed E-state index contributed by atoms with van der Waals surface area (Å²) in [5.41, 5.74) is 1.86. The van der Waals surface area contributed by atoms with Crippen LogP contribution in [0.2, 0.25) is 0 Å². The van der Waals surface area contributed by atoms with Crippen LogP contribution in [0.25, 0.3) is 0 Å². The highest BCUT2D eigenvalue weighted by Crippen LogP contribution is 2.22. The van der Waals surface area contributed by atoms with E-state index in [-0.39, 0.29) is 23.8 Å². The van der Waals surface area contributed by atoms with Gasteiger partial charge in [-0.3, -0.25) is 4.79 Å². The van der Waals surface area contributed by atoms with Gasteiger partial charge < -0.3 is 4.90 Å². The number of sulfonamides is 1. The molecule has 0 spiro atoms. The highest BCUT2D eigenvalue weighted by Gasteiger charge is 2.36. The summed E-state index contributed by atoms with van der Waals surface area (Å²) in [5.74, 6) is -0.265. The second-order valence-electron chi connectivity index (χ2n) is 7.56. The number of hydrogen-bond donors (Lipinski definition) is 0. The molecule has 0 aliphatic carbocycles. The largest absolute Gasteiger partial charge is 0.340 e. The maximum Gasteiger partial charge on any atom is 0.244 e. The smallest absolute Gasteiger partial charge is 0.244 e. The Labute approximate surface area is 190 Å². The first-order valence-electron chi connectivity index (χ1n) is 10.4. The first-order valence-corrected chi connectivity index (χ1v) is 11.9. The molecule has 1 amide bonds. The standard InChI is InChI=1S/C26H28N2O3S/c1-3-19-28(32(30,31)24-17-11-6-12-18-24)25(20-22-13-7-4-8-14-22)26(29)27(2)21-23-15-9-5-10-16-23/h3-18,25H,1,19-21H2,2H3/t25-/m0/s1. The minimum absolute atomic E-state index is 0.0274. The minimum Gasteiger partial charge on any atom is -0.340 e. The summed E-state index contributed by atoms with van der Waals surface area (Å²) in [7, 11) is -2.22. The molecule has 5 nitrogen and oxygen atoms in total. The van der Waals surface area contributed by atoms with Crippen molar-refractivity contribution < 1.29 is 13.2 Å². The number of carbonyl (C=O) groups is 1. The Kier molecular flexibility index (Phi) is 7.98. The van der Waals surface area contributed by atoms with Gasteiger partial charge in [0.2, 0.25) is 15.9 Å². The van der Waals surface area contributed by atoms with Crippen molar-refractivity contribution in [2.75, 3.05) is 13.6 Å². The molecule has 0 saturated carbocycles. The maximum absolute atomic E-state index is 13.6. The number of carbonyl (C=O) groups excluding carboxylic acids is 1. The first-order chi connectivity index (χ1) is 15.4. The molecule has 0 saturated heterocycles. The fourth-order valence-corrected chi connectivity index (χ4v) is 5.16. The number of hydrogen-bond acceptors (Lipinski definition) is 3. The number of rotatable bonds is 10. The molecule has 0 aromatic heterocycles. The second kappa shape index (κ2) is 10.9. The monoisotopic (exact) mass is 448 g/mol. The molecule has 166 valence electrons. The molecule has 1 atom stereocenters. The second-order valence-corrected chi connectivity index (χ2v) is 9.45. The van der Waals surface area contributed by atoms with Gasteiger partial charge >= 0.3 is 0 Å². The molecule has 0 bridgehead atoms. The van der Waals surface area contributed by atoms with Gasteiger partial charge in [0.15, 0.2) is 0 Å². The van der Waals surface area contributed by atoms with Crippen LogP contribution < -0.4 is 0 Å². The molecule has 3 aromatic carbocycles. The predicted molar refractivity (Wildman–Crippen MR) is 127 cm³/mol. The van der Waals surface area contributed by atoms with Gasteiger partial charge in [0.05, 0.1) is 4.90 Å². The van der Waals surface area contributed by atoms with Gasteiger partial charge in [-0.05, 0) is 29.7 Å². The lowest BCUT2D eigenvalue weighted by Gasteiger charge is -2.32. The lowest BCUT2D eigenvalue weighted by atomic mass is 10.0. The zero-order chi connectivity index (χ0) is 23.0. The summed E-state index contributed by atoms with van der Waals surface area (Å²) in [5, 5.41) is 0. The quantitative estimate of drug-likeness (QED) is 0.438. The predicted octanol–water partition coefficient (Wildman–Crippen LogP) is 4.13. The molecule has 0 N–H and O–H groups in total. The molecule has 3 aromatic rings. The molecular formula is C26H28N2O3S. The highest BCUT2D eigenvalue weighted by molar-refractivity contribution is 7.89. The van der Waals surface area contributed by atoms with Crippen molar-refractivity contribution in [1.29, 1.82) is 0 Å². The Balaban J connectivity index is 1.99. The third kappa shape index (κ3) is 5.72. The zero-order valence-corrected chi connectivity index (χ0v) is 19.0. The molecule has 0 aliphatic rings. The van der Waals surface area contributed by atoms with Gasteiger partial charge in [0.25, 0.3) is 0 Å². The van der Waals surface area contributed by atoms with Crippen LogP contribution in [0.3, 0.4) is 0 Å². The Morgan fingerprint density at radius 1 is 0.875 bits per heavy atom. The van der Waals surface area contributed by atoms with Gasteiger partial charge in [-0.25, -0.2) is 8.42 Å². The van der Waals surface area contributed by atoms with Gasteiger partial charge in [-0.1, -0.05) is 84.9 Å². The van der Waals surface area contributed by atoms with E-state index >= 15 is 0 Å². The van der Waals surface area contributed by atoms with Crippen LogP contribution in [-0.4, -0.2) is 43.2 Å². The van der Waals surface area contributed by atoms with Crippen LogP contribution in [0.5, 0.6) is 0 Å². The Morgan fingerprint density at radius 2 is 1.38 bits per heavy atom. The van der Waals surface area contributed by atoms with Gasteiger partial charge in [0.1, 0.15) is 6.04 Å².